The number of nitrogens with zero attached hydrogens (tertiary/aromatic N) is 1. The first-order valence-electron chi connectivity index (χ1n) is 4.66. The summed E-state index contributed by atoms with van der Waals surface area (Å²) >= 11 is 1.49. The molecule has 0 aliphatic heterocycles. The zero-order chi connectivity index (χ0) is 10.7. The maximum atomic E-state index is 10.5. The lowest BCUT2D eigenvalue weighted by Gasteiger charge is -2.00. The van der Waals surface area contributed by atoms with Gasteiger partial charge in [-0.1, -0.05) is 13.8 Å². The van der Waals surface area contributed by atoms with Gasteiger partial charge in [0.2, 0.25) is 0 Å². The highest BCUT2D eigenvalue weighted by molar-refractivity contribution is 7.11. The highest BCUT2D eigenvalue weighted by Gasteiger charge is 2.11. The molecule has 0 fully saturated rings. The minimum atomic E-state index is -0.810. The molecule has 78 valence electrons. The van der Waals surface area contributed by atoms with E-state index in [-0.39, 0.29) is 6.42 Å². The Hall–Kier alpha value is -0.900. The Balaban J connectivity index is 2.76. The zero-order valence-corrected chi connectivity index (χ0v) is 9.52. The lowest BCUT2D eigenvalue weighted by molar-refractivity contribution is -0.136. The molecule has 0 aliphatic rings. The van der Waals surface area contributed by atoms with Gasteiger partial charge in [0, 0.05) is 4.88 Å². The van der Waals surface area contributed by atoms with E-state index in [9.17, 15) is 4.79 Å². The summed E-state index contributed by atoms with van der Waals surface area (Å²) in [5.41, 5.74) is 1.06. The van der Waals surface area contributed by atoms with Crippen molar-refractivity contribution in [3.05, 3.63) is 15.6 Å². The molecule has 0 bridgehead atoms. The molecule has 0 atom stereocenters. The summed E-state index contributed by atoms with van der Waals surface area (Å²) in [6.07, 6.45) is 0.978. The van der Waals surface area contributed by atoms with Gasteiger partial charge >= 0.3 is 5.97 Å². The van der Waals surface area contributed by atoms with E-state index < -0.39 is 5.97 Å². The normalized spacial score (nSPS) is 10.9. The lowest BCUT2D eigenvalue weighted by atomic mass is 10.1. The van der Waals surface area contributed by atoms with Crippen LogP contribution in [0.2, 0.25) is 0 Å². The molecule has 0 aliphatic carbocycles. The van der Waals surface area contributed by atoms with Crippen molar-refractivity contribution >= 4 is 17.3 Å². The molecule has 14 heavy (non-hydrogen) atoms. The second kappa shape index (κ2) is 4.55. The molecule has 0 spiro atoms. The first kappa shape index (κ1) is 11.2. The van der Waals surface area contributed by atoms with Gasteiger partial charge in [-0.3, -0.25) is 4.79 Å². The third-order valence-corrected chi connectivity index (χ3v) is 2.85. The standard InChI is InChI=1S/C10H15NO2S/c1-6(2)4-8-7(3)14-9(11-8)5-10(12)13/h6H,4-5H2,1-3H3,(H,12,13). The lowest BCUT2D eigenvalue weighted by Crippen LogP contribution is -2.00. The number of aliphatic carboxylic acids is 1. The molecule has 1 aromatic heterocycles. The molecule has 1 rings (SSSR count). The fourth-order valence-corrected chi connectivity index (χ4v) is 2.22. The molecular formula is C10H15NO2S. The van der Waals surface area contributed by atoms with Gasteiger partial charge in [-0.15, -0.1) is 11.3 Å². The molecular weight excluding hydrogens is 198 g/mol. The molecule has 1 N–H and O–H groups in total. The van der Waals surface area contributed by atoms with Crippen molar-refractivity contribution in [2.45, 2.75) is 33.6 Å². The predicted molar refractivity (Wildman–Crippen MR) is 56.7 cm³/mol. The zero-order valence-electron chi connectivity index (χ0n) is 8.70. The molecule has 1 aromatic rings. The van der Waals surface area contributed by atoms with Crippen molar-refractivity contribution in [2.24, 2.45) is 5.92 Å². The third-order valence-electron chi connectivity index (χ3n) is 1.84. The van der Waals surface area contributed by atoms with Crippen molar-refractivity contribution in [1.29, 1.82) is 0 Å². The summed E-state index contributed by atoms with van der Waals surface area (Å²) in [5, 5.41) is 9.33. The van der Waals surface area contributed by atoms with Crippen LogP contribution in [0, 0.1) is 12.8 Å². The van der Waals surface area contributed by atoms with E-state index in [2.05, 4.69) is 18.8 Å². The number of thiazole rings is 1. The van der Waals surface area contributed by atoms with Crippen LogP contribution in [-0.2, 0) is 17.6 Å². The molecule has 1 heterocycles. The number of hydrogen-bond donors (Lipinski definition) is 1. The monoisotopic (exact) mass is 213 g/mol. The Kier molecular flexibility index (Phi) is 3.63. The highest BCUT2D eigenvalue weighted by Crippen LogP contribution is 2.20. The van der Waals surface area contributed by atoms with Crippen LogP contribution in [-0.4, -0.2) is 16.1 Å². The van der Waals surface area contributed by atoms with E-state index in [0.717, 1.165) is 17.0 Å². The maximum Gasteiger partial charge on any atom is 0.310 e. The Morgan fingerprint density at radius 1 is 1.57 bits per heavy atom. The molecule has 0 aromatic carbocycles. The predicted octanol–water partition coefficient (Wildman–Crippen LogP) is 2.28. The van der Waals surface area contributed by atoms with Crippen LogP contribution in [0.3, 0.4) is 0 Å². The van der Waals surface area contributed by atoms with Gasteiger partial charge in [-0.2, -0.15) is 0 Å². The van der Waals surface area contributed by atoms with Gasteiger partial charge in [-0.05, 0) is 19.3 Å². The first-order chi connectivity index (χ1) is 6.49. The molecule has 0 unspecified atom stereocenters. The molecule has 4 heteroatoms. The number of carboxylic acids is 1. The van der Waals surface area contributed by atoms with Gasteiger partial charge in [0.25, 0.3) is 0 Å². The van der Waals surface area contributed by atoms with Crippen LogP contribution in [0.5, 0.6) is 0 Å². The Labute approximate surface area is 87.8 Å². The minimum Gasteiger partial charge on any atom is -0.481 e. The first-order valence-corrected chi connectivity index (χ1v) is 5.47. The van der Waals surface area contributed by atoms with Crippen molar-refractivity contribution in [1.82, 2.24) is 4.98 Å². The quantitative estimate of drug-likeness (QED) is 0.834. The molecule has 0 saturated carbocycles. The Bertz CT molecular complexity index is 331. The smallest absolute Gasteiger partial charge is 0.310 e. The summed E-state index contributed by atoms with van der Waals surface area (Å²) in [4.78, 5) is 16.0. The number of rotatable bonds is 4. The molecule has 0 radical (unpaired) electrons. The molecule has 0 saturated heterocycles. The number of aromatic nitrogens is 1. The van der Waals surface area contributed by atoms with Gasteiger partial charge in [-0.25, -0.2) is 4.98 Å². The van der Waals surface area contributed by atoms with Crippen molar-refractivity contribution in [3.63, 3.8) is 0 Å². The van der Waals surface area contributed by atoms with Crippen LogP contribution in [0.25, 0.3) is 0 Å². The topological polar surface area (TPSA) is 50.2 Å². The average Bonchev–Trinajstić information content (AvgIpc) is 2.28. The fraction of sp³-hybridized carbons (Fsp3) is 0.600. The second-order valence-corrected chi connectivity index (χ2v) is 5.07. The largest absolute Gasteiger partial charge is 0.481 e. The van der Waals surface area contributed by atoms with Gasteiger partial charge in [0.05, 0.1) is 12.1 Å². The van der Waals surface area contributed by atoms with Crippen LogP contribution >= 0.6 is 11.3 Å². The summed E-state index contributed by atoms with van der Waals surface area (Å²) in [5.74, 6) is -0.247. The van der Waals surface area contributed by atoms with Gasteiger partial charge in [0.1, 0.15) is 5.01 Å². The average molecular weight is 213 g/mol. The van der Waals surface area contributed by atoms with Crippen LogP contribution in [0.1, 0.15) is 29.4 Å². The van der Waals surface area contributed by atoms with Crippen LogP contribution in [0.4, 0.5) is 0 Å². The number of carboxylic acid groups (broad SMARTS) is 1. The van der Waals surface area contributed by atoms with E-state index in [1.165, 1.54) is 11.3 Å². The van der Waals surface area contributed by atoms with Crippen molar-refractivity contribution in [3.8, 4) is 0 Å². The number of carbonyl (C=O) groups is 1. The third kappa shape index (κ3) is 3.10. The Morgan fingerprint density at radius 3 is 2.71 bits per heavy atom. The fourth-order valence-electron chi connectivity index (χ4n) is 1.27. The minimum absolute atomic E-state index is 0.0452. The van der Waals surface area contributed by atoms with Crippen molar-refractivity contribution in [2.75, 3.05) is 0 Å². The maximum absolute atomic E-state index is 10.5. The van der Waals surface area contributed by atoms with E-state index >= 15 is 0 Å². The number of aryl methyl sites for hydroxylation is 1. The van der Waals surface area contributed by atoms with Gasteiger partial charge in [0.15, 0.2) is 0 Å². The second-order valence-electron chi connectivity index (χ2n) is 3.78. The highest BCUT2D eigenvalue weighted by atomic mass is 32.1. The van der Waals surface area contributed by atoms with Crippen LogP contribution < -0.4 is 0 Å². The van der Waals surface area contributed by atoms with E-state index in [1.807, 2.05) is 6.92 Å². The summed E-state index contributed by atoms with van der Waals surface area (Å²) in [6.45, 7) is 6.27. The SMILES string of the molecule is Cc1sc(CC(=O)O)nc1CC(C)C. The summed E-state index contributed by atoms with van der Waals surface area (Å²) in [6, 6.07) is 0. The molecule has 3 nitrogen and oxygen atoms in total. The number of hydrogen-bond acceptors (Lipinski definition) is 3. The van der Waals surface area contributed by atoms with Gasteiger partial charge < -0.3 is 5.11 Å². The van der Waals surface area contributed by atoms with E-state index in [1.54, 1.807) is 0 Å². The van der Waals surface area contributed by atoms with Crippen molar-refractivity contribution < 1.29 is 9.90 Å². The van der Waals surface area contributed by atoms with E-state index in [0.29, 0.717) is 10.9 Å². The van der Waals surface area contributed by atoms with E-state index in [4.69, 9.17) is 5.11 Å². The van der Waals surface area contributed by atoms with Crippen LogP contribution in [0.15, 0.2) is 0 Å². The summed E-state index contributed by atoms with van der Waals surface area (Å²) in [7, 11) is 0. The molecule has 0 amide bonds. The Morgan fingerprint density at radius 2 is 2.21 bits per heavy atom. The summed E-state index contributed by atoms with van der Waals surface area (Å²) < 4.78 is 0.